The van der Waals surface area contributed by atoms with Gasteiger partial charge in [0.05, 0.1) is 26.2 Å². The van der Waals surface area contributed by atoms with Crippen molar-refractivity contribution in [3.63, 3.8) is 0 Å². The van der Waals surface area contributed by atoms with Crippen molar-refractivity contribution in [2.45, 2.75) is 12.4 Å². The Morgan fingerprint density at radius 3 is 2.70 bits per heavy atom. The molecule has 4 rings (SSSR count). The molecule has 138 valence electrons. The summed E-state index contributed by atoms with van der Waals surface area (Å²) in [6.45, 7) is 1.94. The molecular formula is C20H19N3O3S. The molecule has 2 aromatic carbocycles. The van der Waals surface area contributed by atoms with Crippen LogP contribution in [0.1, 0.15) is 6.92 Å². The van der Waals surface area contributed by atoms with E-state index >= 15 is 0 Å². The summed E-state index contributed by atoms with van der Waals surface area (Å²) < 4.78 is 9.99. The van der Waals surface area contributed by atoms with Crippen molar-refractivity contribution in [2.24, 2.45) is 5.10 Å². The molecule has 0 spiro atoms. The molecule has 0 N–H and O–H groups in total. The molecule has 1 atom stereocenters. The van der Waals surface area contributed by atoms with E-state index in [0.29, 0.717) is 5.57 Å². The number of carbonyl (C=O) groups is 1. The van der Waals surface area contributed by atoms with E-state index in [0.717, 1.165) is 16.3 Å². The topological polar surface area (TPSA) is 54.4 Å². The van der Waals surface area contributed by atoms with Crippen LogP contribution in [-0.2, 0) is 14.3 Å². The number of methoxy groups -OCH3 is 2. The molecule has 0 saturated carbocycles. The van der Waals surface area contributed by atoms with E-state index in [1.54, 1.807) is 11.8 Å². The van der Waals surface area contributed by atoms with Crippen LogP contribution in [0.4, 0.5) is 5.69 Å². The Labute approximate surface area is 161 Å². The van der Waals surface area contributed by atoms with Crippen molar-refractivity contribution in [2.75, 3.05) is 19.1 Å². The van der Waals surface area contributed by atoms with Gasteiger partial charge in [0, 0.05) is 10.6 Å². The van der Waals surface area contributed by atoms with Crippen molar-refractivity contribution in [1.82, 2.24) is 5.01 Å². The number of thioether (sulfide) groups is 1. The van der Waals surface area contributed by atoms with E-state index in [-0.39, 0.29) is 5.50 Å². The first-order valence-corrected chi connectivity index (χ1v) is 9.31. The van der Waals surface area contributed by atoms with Gasteiger partial charge < -0.3 is 9.47 Å². The number of hydrazone groups is 1. The molecule has 0 amide bonds. The standard InChI is InChI=1S/C20H19N3O3S/c1-13-18(17(11-25-2)19(24)26-3)27-20-22(12-21-23(13)20)16-9-8-14-6-4-5-7-15(14)10-16/h4-12,20H,1-3H3/b17-11-. The molecule has 0 bridgehead atoms. The minimum Gasteiger partial charge on any atom is -0.503 e. The molecular weight excluding hydrogens is 362 g/mol. The minimum absolute atomic E-state index is 0.0916. The zero-order valence-corrected chi connectivity index (χ0v) is 16.1. The third-order valence-corrected chi connectivity index (χ3v) is 5.95. The number of hydrogen-bond acceptors (Lipinski definition) is 7. The molecule has 0 saturated heterocycles. The summed E-state index contributed by atoms with van der Waals surface area (Å²) in [7, 11) is 2.88. The highest BCUT2D eigenvalue weighted by Gasteiger charge is 2.40. The molecule has 0 aromatic heterocycles. The Bertz CT molecular complexity index is 999. The molecule has 7 heteroatoms. The Hall–Kier alpha value is -2.93. The van der Waals surface area contributed by atoms with Crippen LogP contribution >= 0.6 is 11.8 Å². The van der Waals surface area contributed by atoms with Gasteiger partial charge in [-0.25, -0.2) is 9.80 Å². The summed E-state index contributed by atoms with van der Waals surface area (Å²) in [5.74, 6) is -0.430. The number of fused-ring (bicyclic) bond motifs is 2. The van der Waals surface area contributed by atoms with E-state index in [9.17, 15) is 4.79 Å². The Balaban J connectivity index is 1.66. The molecule has 27 heavy (non-hydrogen) atoms. The maximum absolute atomic E-state index is 12.2. The van der Waals surface area contributed by atoms with Gasteiger partial charge in [0.25, 0.3) is 0 Å². The fourth-order valence-corrected chi connectivity index (χ4v) is 4.54. The second kappa shape index (κ2) is 7.00. The van der Waals surface area contributed by atoms with Crippen molar-refractivity contribution in [3.8, 4) is 0 Å². The minimum atomic E-state index is -0.430. The predicted octanol–water partition coefficient (Wildman–Crippen LogP) is 3.87. The number of anilines is 1. The number of carbonyl (C=O) groups excluding carboxylic acids is 1. The molecule has 2 aromatic rings. The van der Waals surface area contributed by atoms with Gasteiger partial charge in [0.2, 0.25) is 0 Å². The largest absolute Gasteiger partial charge is 0.503 e. The molecule has 2 aliphatic rings. The Morgan fingerprint density at radius 2 is 1.96 bits per heavy atom. The summed E-state index contributed by atoms with van der Waals surface area (Å²) in [4.78, 5) is 15.1. The summed E-state index contributed by atoms with van der Waals surface area (Å²) in [6, 6.07) is 14.6. The van der Waals surface area contributed by atoms with E-state index in [1.807, 2.05) is 30.4 Å². The quantitative estimate of drug-likeness (QED) is 0.455. The lowest BCUT2D eigenvalue weighted by Crippen LogP contribution is -2.33. The number of ether oxygens (including phenoxy) is 2. The van der Waals surface area contributed by atoms with Crippen LogP contribution in [0.15, 0.2) is 70.0 Å². The smallest absolute Gasteiger partial charge is 0.342 e. The third kappa shape index (κ3) is 2.94. The highest BCUT2D eigenvalue weighted by atomic mass is 32.2. The fourth-order valence-electron chi connectivity index (χ4n) is 3.21. The van der Waals surface area contributed by atoms with Gasteiger partial charge in [-0.1, -0.05) is 42.1 Å². The van der Waals surface area contributed by atoms with Gasteiger partial charge >= 0.3 is 5.97 Å². The summed E-state index contributed by atoms with van der Waals surface area (Å²) in [5.41, 5.74) is 2.23. The number of hydrogen-bond donors (Lipinski definition) is 0. The third-order valence-electron chi connectivity index (χ3n) is 4.56. The summed E-state index contributed by atoms with van der Waals surface area (Å²) >= 11 is 1.55. The molecule has 0 radical (unpaired) electrons. The van der Waals surface area contributed by atoms with Crippen LogP contribution in [0, 0.1) is 0 Å². The first-order valence-electron chi connectivity index (χ1n) is 8.43. The van der Waals surface area contributed by atoms with E-state index in [2.05, 4.69) is 40.3 Å². The fraction of sp³-hybridized carbons (Fsp3) is 0.200. The van der Waals surface area contributed by atoms with Gasteiger partial charge in [-0.15, -0.1) is 0 Å². The van der Waals surface area contributed by atoms with Gasteiger partial charge in [-0.3, -0.25) is 4.90 Å². The lowest BCUT2D eigenvalue weighted by atomic mass is 10.1. The monoisotopic (exact) mass is 381 g/mol. The number of esters is 1. The van der Waals surface area contributed by atoms with Gasteiger partial charge in [-0.2, -0.15) is 5.10 Å². The molecule has 6 nitrogen and oxygen atoms in total. The summed E-state index contributed by atoms with van der Waals surface area (Å²) in [5, 5.41) is 8.80. The van der Waals surface area contributed by atoms with Crippen LogP contribution in [0.3, 0.4) is 0 Å². The van der Waals surface area contributed by atoms with Crippen LogP contribution < -0.4 is 4.90 Å². The van der Waals surface area contributed by atoms with Crippen LogP contribution in [-0.4, -0.2) is 37.0 Å². The molecule has 2 aliphatic heterocycles. The van der Waals surface area contributed by atoms with E-state index in [4.69, 9.17) is 9.47 Å². The number of allylic oxidation sites excluding steroid dienone is 1. The highest BCUT2D eigenvalue weighted by molar-refractivity contribution is 8.04. The van der Waals surface area contributed by atoms with Gasteiger partial charge in [0.1, 0.15) is 11.9 Å². The first kappa shape index (κ1) is 17.5. The van der Waals surface area contributed by atoms with Gasteiger partial charge in [-0.05, 0) is 29.8 Å². The maximum atomic E-state index is 12.2. The predicted molar refractivity (Wildman–Crippen MR) is 108 cm³/mol. The zero-order valence-electron chi connectivity index (χ0n) is 15.2. The zero-order chi connectivity index (χ0) is 19.0. The first-order chi connectivity index (χ1) is 13.1. The maximum Gasteiger partial charge on any atom is 0.342 e. The second-order valence-electron chi connectivity index (χ2n) is 6.13. The lowest BCUT2D eigenvalue weighted by molar-refractivity contribution is -0.135. The molecule has 2 heterocycles. The number of nitrogens with zero attached hydrogens (tertiary/aromatic N) is 3. The van der Waals surface area contributed by atoms with Crippen molar-refractivity contribution < 1.29 is 14.3 Å². The molecule has 1 unspecified atom stereocenters. The van der Waals surface area contributed by atoms with E-state index in [1.165, 1.54) is 31.3 Å². The summed E-state index contributed by atoms with van der Waals surface area (Å²) in [6.07, 6.45) is 3.24. The van der Waals surface area contributed by atoms with Crippen molar-refractivity contribution in [1.29, 1.82) is 0 Å². The SMILES string of the molecule is CO/C=C(\C(=O)OC)C1=C(C)N2N=CN(c3ccc4ccccc4c3)C2S1. The van der Waals surface area contributed by atoms with Crippen LogP contribution in [0.25, 0.3) is 10.8 Å². The normalized spacial score (nSPS) is 19.1. The molecule has 0 aliphatic carbocycles. The Kier molecular flexibility index (Phi) is 4.53. The lowest BCUT2D eigenvalue weighted by Gasteiger charge is -2.24. The number of rotatable bonds is 4. The van der Waals surface area contributed by atoms with Crippen LogP contribution in [0.2, 0.25) is 0 Å². The second-order valence-corrected chi connectivity index (χ2v) is 7.20. The van der Waals surface area contributed by atoms with Gasteiger partial charge in [0.15, 0.2) is 5.50 Å². The molecule has 0 fully saturated rings. The highest BCUT2D eigenvalue weighted by Crippen LogP contribution is 2.46. The van der Waals surface area contributed by atoms with Crippen molar-refractivity contribution >= 4 is 40.5 Å². The number of benzene rings is 2. The van der Waals surface area contributed by atoms with E-state index < -0.39 is 5.97 Å². The average Bonchev–Trinajstić information content (AvgIpc) is 3.25. The van der Waals surface area contributed by atoms with Crippen LogP contribution in [0.5, 0.6) is 0 Å². The average molecular weight is 381 g/mol. The van der Waals surface area contributed by atoms with Crippen molar-refractivity contribution in [3.05, 3.63) is 64.9 Å². The Morgan fingerprint density at radius 1 is 1.19 bits per heavy atom.